The molecule has 1 aromatic heterocycles. The first-order valence-electron chi connectivity index (χ1n) is 21.7. The zero-order chi connectivity index (χ0) is 46.1. The molecule has 5 atom stereocenters. The number of likely N-dealkylation sites (tertiary alicyclic amines) is 1. The number of hydrogen-bond donors (Lipinski definition) is 4. The molecular formula is C46H50F3N9O7. The van der Waals surface area contributed by atoms with E-state index in [1.807, 2.05) is 6.07 Å². The number of amides is 5. The maximum Gasteiger partial charge on any atom is 0.416 e. The molecule has 5 heterocycles. The number of nitrogens with zero attached hydrogens (tertiary/aromatic N) is 5. The van der Waals surface area contributed by atoms with Crippen LogP contribution in [-0.4, -0.2) is 108 Å². The number of nitrogen functional groups attached to an aromatic ring is 1. The number of likely N-dealkylation sites (N-methyl/N-ethyl adjacent to an activating group) is 1. The van der Waals surface area contributed by atoms with Crippen LogP contribution in [-0.2, 0) is 20.6 Å². The van der Waals surface area contributed by atoms with Crippen LogP contribution in [0.25, 0.3) is 10.9 Å². The first kappa shape index (κ1) is 43.7. The summed E-state index contributed by atoms with van der Waals surface area (Å²) in [7, 11) is 3.16. The van der Waals surface area contributed by atoms with Crippen molar-refractivity contribution < 1.29 is 46.6 Å². The van der Waals surface area contributed by atoms with E-state index in [-0.39, 0.29) is 52.8 Å². The van der Waals surface area contributed by atoms with E-state index >= 15 is 0 Å². The minimum absolute atomic E-state index is 0.00783. The number of rotatable bonds is 13. The lowest BCUT2D eigenvalue weighted by atomic mass is 9.96. The highest BCUT2D eigenvalue weighted by Crippen LogP contribution is 2.52. The van der Waals surface area contributed by atoms with E-state index in [9.17, 15) is 37.1 Å². The Hall–Kier alpha value is -6.50. The monoisotopic (exact) mass is 897 g/mol. The predicted octanol–water partition coefficient (Wildman–Crippen LogP) is 4.85. The van der Waals surface area contributed by atoms with Crippen molar-refractivity contribution in [2.75, 3.05) is 62.9 Å². The molecule has 1 saturated carbocycles. The van der Waals surface area contributed by atoms with Crippen molar-refractivity contribution in [1.29, 1.82) is 0 Å². The van der Waals surface area contributed by atoms with Crippen LogP contribution in [0.5, 0.6) is 11.5 Å². The van der Waals surface area contributed by atoms with E-state index in [4.69, 9.17) is 15.2 Å². The number of ether oxygens (including phenoxy) is 2. The van der Waals surface area contributed by atoms with Gasteiger partial charge in [-0.1, -0.05) is 6.07 Å². The number of halogens is 3. The zero-order valence-electron chi connectivity index (χ0n) is 36.4. The number of benzene rings is 3. The van der Waals surface area contributed by atoms with Crippen LogP contribution < -0.4 is 36.1 Å². The molecule has 342 valence electrons. The van der Waals surface area contributed by atoms with E-state index in [0.717, 1.165) is 29.9 Å². The highest BCUT2D eigenvalue weighted by molar-refractivity contribution is 6.25. The maximum atomic E-state index is 13.8. The number of alkyl halides is 3. The van der Waals surface area contributed by atoms with Crippen LogP contribution in [0.3, 0.4) is 0 Å². The Morgan fingerprint density at radius 1 is 1.00 bits per heavy atom. The predicted molar refractivity (Wildman–Crippen MR) is 232 cm³/mol. The van der Waals surface area contributed by atoms with Gasteiger partial charge < -0.3 is 30.7 Å². The molecule has 3 saturated heterocycles. The van der Waals surface area contributed by atoms with Gasteiger partial charge in [-0.3, -0.25) is 39.1 Å². The number of anilines is 3. The molecule has 19 heteroatoms. The van der Waals surface area contributed by atoms with Crippen LogP contribution in [0.1, 0.15) is 82.7 Å². The molecule has 5 amide bonds. The number of aryl methyl sites for hydroxylation is 1. The summed E-state index contributed by atoms with van der Waals surface area (Å²) in [5.41, 5.74) is 6.75. The van der Waals surface area contributed by atoms with Crippen molar-refractivity contribution in [3.63, 3.8) is 0 Å². The van der Waals surface area contributed by atoms with Gasteiger partial charge >= 0.3 is 6.18 Å². The summed E-state index contributed by atoms with van der Waals surface area (Å²) < 4.78 is 53.2. The van der Waals surface area contributed by atoms with Crippen LogP contribution in [0.4, 0.5) is 30.4 Å². The van der Waals surface area contributed by atoms with Crippen LogP contribution in [0.15, 0.2) is 48.5 Å². The van der Waals surface area contributed by atoms with Crippen LogP contribution in [0, 0.1) is 24.2 Å². The van der Waals surface area contributed by atoms with Crippen LogP contribution >= 0.6 is 0 Å². The van der Waals surface area contributed by atoms with Crippen molar-refractivity contribution in [2.45, 2.75) is 70.3 Å². The van der Waals surface area contributed by atoms with Gasteiger partial charge in [0.1, 0.15) is 17.7 Å². The van der Waals surface area contributed by atoms with Crippen LogP contribution in [0.2, 0.25) is 0 Å². The SMILES string of the molecule is CNC(=O)C(CC1(COc2cc3c(NC(C)c4cc(N)cc(C(F)(F)F)c4)nc(C)nc3cc2OC)CC1)N1CC2CN(c3cccc4c3C(=O)N(C3CCC(=O)NC3=O)C4=O)CC2C1. The molecule has 0 spiro atoms. The quantitative estimate of drug-likeness (QED) is 0.105. The number of carbonyl (C=O) groups excluding carboxylic acids is 5. The van der Waals surface area contributed by atoms with Gasteiger partial charge in [-0.05, 0) is 93.3 Å². The lowest BCUT2D eigenvalue weighted by Gasteiger charge is -2.32. The van der Waals surface area contributed by atoms with E-state index in [1.54, 1.807) is 45.2 Å². The van der Waals surface area contributed by atoms with Gasteiger partial charge in [-0.15, -0.1) is 0 Å². The number of nitrogens with one attached hydrogen (secondary N) is 3. The molecule has 0 bridgehead atoms. The number of hydrogen-bond acceptors (Lipinski definition) is 13. The normalized spacial score (nSPS) is 22.4. The topological polar surface area (TPSA) is 201 Å². The van der Waals surface area contributed by atoms with E-state index in [1.165, 1.54) is 13.2 Å². The van der Waals surface area contributed by atoms with Gasteiger partial charge in [0.05, 0.1) is 53.7 Å². The van der Waals surface area contributed by atoms with Gasteiger partial charge in [0, 0.05) is 62.2 Å². The summed E-state index contributed by atoms with van der Waals surface area (Å²) >= 11 is 0. The second kappa shape index (κ2) is 16.5. The molecule has 0 radical (unpaired) electrons. The zero-order valence-corrected chi connectivity index (χ0v) is 36.4. The second-order valence-corrected chi connectivity index (χ2v) is 18.0. The minimum atomic E-state index is -4.56. The number of carbonyl (C=O) groups is 5. The minimum Gasteiger partial charge on any atom is -0.493 e. The molecule has 5 unspecified atom stereocenters. The standard InChI is InChI=1S/C46H50F3N9O7/c1-23(25-12-28(46(47,48)49)14-29(50)13-25)52-40-31-15-37(36(64-4)16-32(31)53-24(2)54-40)65-22-45(10-11-45)17-35(41(60)51-3)57-20-26-18-56(19-27(26)21-57)33-7-5-6-30-39(33)44(63)58(43(30)62)34-8-9-38(59)55-42(34)61/h5-7,12-16,23,26-27,34-35H,8-11,17-22,50H2,1-4H3,(H,51,60)(H,52,53,54)(H,55,59,61). The van der Waals surface area contributed by atoms with Crippen molar-refractivity contribution in [2.24, 2.45) is 17.3 Å². The number of piperidine rings is 1. The number of methoxy groups -OCH3 is 1. The van der Waals surface area contributed by atoms with Gasteiger partial charge in [-0.25, -0.2) is 9.97 Å². The third-order valence-corrected chi connectivity index (χ3v) is 13.7. The highest BCUT2D eigenvalue weighted by atomic mass is 19.4. The average molecular weight is 898 g/mol. The van der Waals surface area contributed by atoms with Gasteiger partial charge in [0.2, 0.25) is 17.7 Å². The Kier molecular flexibility index (Phi) is 11.1. The molecule has 4 fully saturated rings. The number of imide groups is 2. The Morgan fingerprint density at radius 2 is 1.74 bits per heavy atom. The molecule has 1 aliphatic carbocycles. The van der Waals surface area contributed by atoms with Crippen molar-refractivity contribution in [3.05, 3.63) is 76.6 Å². The second-order valence-electron chi connectivity index (χ2n) is 18.0. The van der Waals surface area contributed by atoms with Crippen molar-refractivity contribution >= 4 is 57.6 Å². The van der Waals surface area contributed by atoms with E-state index in [2.05, 4.69) is 35.7 Å². The Bertz CT molecular complexity index is 2620. The lowest BCUT2D eigenvalue weighted by Crippen LogP contribution is -2.54. The third kappa shape index (κ3) is 8.25. The molecule has 4 aliphatic heterocycles. The molecule has 5 N–H and O–H groups in total. The fourth-order valence-electron chi connectivity index (χ4n) is 10.0. The molecule has 4 aromatic rings. The van der Waals surface area contributed by atoms with Gasteiger partial charge in [-0.2, -0.15) is 13.2 Å². The lowest BCUT2D eigenvalue weighted by molar-refractivity contribution is -0.138. The van der Waals surface area contributed by atoms with E-state index < -0.39 is 53.5 Å². The van der Waals surface area contributed by atoms with E-state index in [0.29, 0.717) is 84.5 Å². The number of aromatic nitrogens is 2. The summed E-state index contributed by atoms with van der Waals surface area (Å²) in [6.07, 6.45) is -2.20. The smallest absolute Gasteiger partial charge is 0.416 e. The summed E-state index contributed by atoms with van der Waals surface area (Å²) in [6, 6.07) is 10.0. The molecule has 3 aromatic carbocycles. The molecule has 16 nitrogen and oxygen atoms in total. The third-order valence-electron chi connectivity index (χ3n) is 13.7. The Labute approximate surface area is 372 Å². The summed E-state index contributed by atoms with van der Waals surface area (Å²) in [5, 5.41) is 8.95. The Balaban J connectivity index is 0.881. The van der Waals surface area contributed by atoms with Crippen molar-refractivity contribution in [3.8, 4) is 11.5 Å². The first-order chi connectivity index (χ1) is 30.9. The van der Waals surface area contributed by atoms with Gasteiger partial charge in [0.15, 0.2) is 11.5 Å². The first-order valence-corrected chi connectivity index (χ1v) is 21.7. The molecular weight excluding hydrogens is 848 g/mol. The largest absolute Gasteiger partial charge is 0.493 e. The molecule has 65 heavy (non-hydrogen) atoms. The number of nitrogens with two attached hydrogens (primary N) is 1. The van der Waals surface area contributed by atoms with Crippen molar-refractivity contribution in [1.82, 2.24) is 30.4 Å². The summed E-state index contributed by atoms with van der Waals surface area (Å²) in [5.74, 6) is -0.180. The fourth-order valence-corrected chi connectivity index (χ4v) is 10.0. The summed E-state index contributed by atoms with van der Waals surface area (Å²) in [6.45, 7) is 6.27. The maximum absolute atomic E-state index is 13.8. The number of fused-ring (bicyclic) bond motifs is 3. The molecule has 9 rings (SSSR count). The van der Waals surface area contributed by atoms with Gasteiger partial charge in [0.25, 0.3) is 11.8 Å². The average Bonchev–Trinajstić information content (AvgIpc) is 3.62. The molecule has 5 aliphatic rings. The fraction of sp³-hybridized carbons (Fsp3) is 0.457. The summed E-state index contributed by atoms with van der Waals surface area (Å²) in [4.78, 5) is 80.0. The highest BCUT2D eigenvalue weighted by Gasteiger charge is 2.52. The Morgan fingerprint density at radius 3 is 2.40 bits per heavy atom.